The van der Waals surface area contributed by atoms with E-state index in [1.807, 2.05) is 0 Å². The predicted octanol–water partition coefficient (Wildman–Crippen LogP) is 2.80. The summed E-state index contributed by atoms with van der Waals surface area (Å²) in [6, 6.07) is 0. The zero-order valence-electron chi connectivity index (χ0n) is 28.4. The van der Waals surface area contributed by atoms with E-state index < -0.39 is 59.8 Å². The van der Waals surface area contributed by atoms with Gasteiger partial charge in [0.2, 0.25) is 11.6 Å². The Bertz CT molecular complexity index is 1580. The monoisotopic (exact) mass is 668 g/mol. The van der Waals surface area contributed by atoms with E-state index in [4.69, 9.17) is 24.5 Å². The lowest BCUT2D eigenvalue weighted by molar-refractivity contribution is -0.120. The van der Waals surface area contributed by atoms with Crippen molar-refractivity contribution in [2.75, 3.05) is 14.2 Å². The van der Waals surface area contributed by atoms with Crippen LogP contribution >= 0.6 is 0 Å². The lowest BCUT2D eigenvalue weighted by Gasteiger charge is -2.30. The lowest BCUT2D eigenvalue weighted by Crippen LogP contribution is -2.38. The molecule has 0 fully saturated rings. The predicted molar refractivity (Wildman–Crippen MR) is 173 cm³/mol. The number of carbonyl (C=O) groups is 5. The average molecular weight is 669 g/mol. The van der Waals surface area contributed by atoms with E-state index in [-0.39, 0.29) is 52.6 Å². The summed E-state index contributed by atoms with van der Waals surface area (Å²) in [6.07, 6.45) is 2.86. The number of fused-ring (bicyclic) bond motifs is 2. The number of nitrogens with zero attached hydrogens (tertiary/aromatic N) is 1. The van der Waals surface area contributed by atoms with E-state index in [2.05, 4.69) is 15.8 Å². The van der Waals surface area contributed by atoms with Crippen LogP contribution in [0.5, 0.6) is 0 Å². The zero-order valence-corrected chi connectivity index (χ0v) is 28.4. The second-order valence-electron chi connectivity index (χ2n) is 12.1. The van der Waals surface area contributed by atoms with Crippen LogP contribution < -0.4 is 16.4 Å². The molecular formula is C34H44N4O10. The summed E-state index contributed by atoms with van der Waals surface area (Å²) >= 11 is 0. The minimum absolute atomic E-state index is 0.00751. The highest BCUT2D eigenvalue weighted by Crippen LogP contribution is 2.29. The van der Waals surface area contributed by atoms with Crippen molar-refractivity contribution in [1.29, 1.82) is 0 Å². The highest BCUT2D eigenvalue weighted by molar-refractivity contribution is 6.24. The largest absolute Gasteiger partial charge is 0.439 e. The molecule has 1 aromatic heterocycles. The summed E-state index contributed by atoms with van der Waals surface area (Å²) in [6.45, 7) is 9.91. The summed E-state index contributed by atoms with van der Waals surface area (Å²) in [5.41, 5.74) is 5.99. The van der Waals surface area contributed by atoms with E-state index >= 15 is 0 Å². The molecule has 1 aliphatic heterocycles. The number of ether oxygens (including phenoxy) is 3. The molecule has 3 rings (SSSR count). The third-order valence-electron chi connectivity index (χ3n) is 8.29. The van der Waals surface area contributed by atoms with Gasteiger partial charge in [0.05, 0.1) is 29.3 Å². The van der Waals surface area contributed by atoms with Gasteiger partial charge < -0.3 is 40.2 Å². The number of carbonyl (C=O) groups excluding carboxylic acids is 5. The molecule has 0 radical (unpaired) electrons. The van der Waals surface area contributed by atoms with Gasteiger partial charge in [0, 0.05) is 37.4 Å². The minimum Gasteiger partial charge on any atom is -0.439 e. The first-order valence-electron chi connectivity index (χ1n) is 15.4. The van der Waals surface area contributed by atoms with Crippen molar-refractivity contribution in [3.05, 3.63) is 75.5 Å². The van der Waals surface area contributed by atoms with Crippen LogP contribution in [0, 0.1) is 25.7 Å². The Balaban J connectivity index is 2.11. The third-order valence-corrected chi connectivity index (χ3v) is 8.29. The Morgan fingerprint density at radius 2 is 1.79 bits per heavy atom. The fourth-order valence-corrected chi connectivity index (χ4v) is 5.70. The van der Waals surface area contributed by atoms with Crippen molar-refractivity contribution in [2.24, 2.45) is 17.6 Å². The van der Waals surface area contributed by atoms with Crippen LogP contribution in [0.15, 0.2) is 63.0 Å². The summed E-state index contributed by atoms with van der Waals surface area (Å²) in [4.78, 5) is 65.5. The summed E-state index contributed by atoms with van der Waals surface area (Å²) in [7, 11) is 2.85. The highest BCUT2D eigenvalue weighted by Gasteiger charge is 2.35. The fourth-order valence-electron chi connectivity index (χ4n) is 5.70. The van der Waals surface area contributed by atoms with Gasteiger partial charge in [-0.05, 0) is 52.0 Å². The Kier molecular flexibility index (Phi) is 12.9. The number of Topliss-reactive ketones (excluding diaryl/α,β-unsaturated/α-hetero) is 1. The Morgan fingerprint density at radius 1 is 1.10 bits per heavy atom. The van der Waals surface area contributed by atoms with Gasteiger partial charge >= 0.3 is 6.09 Å². The molecular weight excluding hydrogens is 624 g/mol. The number of rotatable bonds is 5. The number of nitrogens with one attached hydrogen (secondary N) is 2. The van der Waals surface area contributed by atoms with Crippen LogP contribution in [0.2, 0.25) is 0 Å². The van der Waals surface area contributed by atoms with Crippen molar-refractivity contribution < 1.29 is 47.8 Å². The van der Waals surface area contributed by atoms with Gasteiger partial charge in [-0.3, -0.25) is 19.2 Å². The number of aryl methyl sites for hydroxylation is 2. The highest BCUT2D eigenvalue weighted by atomic mass is 16.6. The smallest absolute Gasteiger partial charge is 0.405 e. The molecule has 0 saturated heterocycles. The maximum atomic E-state index is 13.9. The first kappa shape index (κ1) is 37.8. The van der Waals surface area contributed by atoms with Crippen molar-refractivity contribution >= 4 is 29.5 Å². The Hall–Kier alpha value is -4.66. The van der Waals surface area contributed by atoms with Crippen LogP contribution in [0.3, 0.4) is 0 Å². The topological polar surface area (TPSA) is 209 Å². The molecule has 14 nitrogen and oxygen atoms in total. The molecule has 1 aromatic rings. The van der Waals surface area contributed by atoms with Crippen LogP contribution in [-0.4, -0.2) is 78.4 Å². The molecule has 260 valence electrons. The second kappa shape index (κ2) is 16.4. The van der Waals surface area contributed by atoms with E-state index in [1.165, 1.54) is 33.3 Å². The van der Waals surface area contributed by atoms with E-state index in [1.54, 1.807) is 46.8 Å². The van der Waals surface area contributed by atoms with Gasteiger partial charge in [0.25, 0.3) is 11.8 Å². The summed E-state index contributed by atoms with van der Waals surface area (Å²) in [5, 5.41) is 20.2. The number of ketones is 2. The molecule has 6 unspecified atom stereocenters. The standard InChI is InChI=1S/C34H44N4O10/c1-16-12-22-28(37-33(43)27-20(5)38-48-21(27)6)24(39)15-23(30(22)41)36-32(42)17(2)10-9-11-25(45-7)31(47-34(35)44)19(4)14-18(3)29(40)26(13-16)46-8/h9-11,14-16,18,25-26,29,31,40H,12-13H2,1-8H3,(H2,35,44)(H,36,42)(H,37,43)/b11-9-,17-10+,19-14+. The molecule has 0 saturated carbocycles. The third kappa shape index (κ3) is 9.02. The summed E-state index contributed by atoms with van der Waals surface area (Å²) < 4.78 is 21.7. The molecule has 14 heteroatoms. The first-order chi connectivity index (χ1) is 22.6. The number of hydrogen-bond acceptors (Lipinski definition) is 11. The van der Waals surface area contributed by atoms with E-state index in [9.17, 15) is 29.1 Å². The van der Waals surface area contributed by atoms with Crippen LogP contribution in [0.25, 0.3) is 0 Å². The van der Waals surface area contributed by atoms with Gasteiger partial charge in [-0.2, -0.15) is 0 Å². The molecule has 2 bridgehead atoms. The number of aliphatic hydroxyl groups excluding tert-OH is 1. The van der Waals surface area contributed by atoms with Crippen molar-refractivity contribution in [3.8, 4) is 0 Å². The molecule has 0 spiro atoms. The second-order valence-corrected chi connectivity index (χ2v) is 12.1. The number of methoxy groups -OCH3 is 2. The fraction of sp³-hybridized carbons (Fsp3) is 0.471. The van der Waals surface area contributed by atoms with Crippen molar-refractivity contribution in [2.45, 2.75) is 78.8 Å². The number of allylic oxidation sites excluding steroid dienone is 4. The number of amides is 3. The Labute approximate surface area is 279 Å². The van der Waals surface area contributed by atoms with Gasteiger partial charge in [0.1, 0.15) is 17.4 Å². The van der Waals surface area contributed by atoms with Crippen LogP contribution in [0.1, 0.15) is 62.3 Å². The molecule has 2 aliphatic rings. The molecule has 2 heterocycles. The van der Waals surface area contributed by atoms with E-state index in [0.29, 0.717) is 11.3 Å². The van der Waals surface area contributed by atoms with E-state index in [0.717, 1.165) is 6.08 Å². The molecule has 3 amide bonds. The number of primary amides is 1. The molecule has 1 aliphatic carbocycles. The van der Waals surface area contributed by atoms with Gasteiger partial charge in [-0.15, -0.1) is 0 Å². The normalized spacial score (nSPS) is 29.2. The average Bonchev–Trinajstić information content (AvgIpc) is 3.37. The summed E-state index contributed by atoms with van der Waals surface area (Å²) in [5.74, 6) is -3.33. The van der Waals surface area contributed by atoms with Crippen molar-refractivity contribution in [1.82, 2.24) is 15.8 Å². The van der Waals surface area contributed by atoms with Gasteiger partial charge in [-0.25, -0.2) is 4.79 Å². The number of nitrogens with two attached hydrogens (primary N) is 1. The molecule has 48 heavy (non-hydrogen) atoms. The lowest BCUT2D eigenvalue weighted by atomic mass is 9.85. The molecule has 0 aromatic carbocycles. The molecule has 5 N–H and O–H groups in total. The van der Waals surface area contributed by atoms with Gasteiger partial charge in [0.15, 0.2) is 6.10 Å². The number of hydrogen-bond donors (Lipinski definition) is 4. The van der Waals surface area contributed by atoms with Gasteiger partial charge in [-0.1, -0.05) is 43.3 Å². The van der Waals surface area contributed by atoms with Crippen molar-refractivity contribution in [3.63, 3.8) is 0 Å². The van der Waals surface area contributed by atoms with Crippen LogP contribution in [-0.2, 0) is 28.6 Å². The maximum absolute atomic E-state index is 13.9. The van der Waals surface area contributed by atoms with Crippen LogP contribution in [0.4, 0.5) is 4.79 Å². The molecule has 6 atom stereocenters. The zero-order chi connectivity index (χ0) is 35.9. The Morgan fingerprint density at radius 3 is 2.38 bits per heavy atom. The minimum atomic E-state index is -1.04. The first-order valence-corrected chi connectivity index (χ1v) is 15.4. The number of aliphatic hydroxyl groups is 1. The SMILES string of the molecule is COC1/C=C\C=C(/C)C(=O)NC2=CC(=O)C(NC(=O)c3c(C)noc3C)=C(CC(C)CC(OC)C(O)C(C)/C=C(\C)C1OC(N)=O)C2=O. The maximum Gasteiger partial charge on any atom is 0.405 e. The quantitative estimate of drug-likeness (QED) is 0.265. The number of aromatic nitrogens is 1.